The number of rotatable bonds is 8. The molecule has 0 amide bonds. The number of nitrogens with zero attached hydrogens (tertiary/aromatic N) is 5. The number of anilines is 1. The molecule has 0 aromatic carbocycles. The maximum atomic E-state index is 4.80. The van der Waals surface area contributed by atoms with Crippen LogP contribution in [0.15, 0.2) is 36.8 Å². The highest BCUT2D eigenvalue weighted by molar-refractivity contribution is 5.91. The van der Waals surface area contributed by atoms with Crippen molar-refractivity contribution in [1.82, 2.24) is 19.7 Å². The second-order valence-electron chi connectivity index (χ2n) is 6.47. The van der Waals surface area contributed by atoms with E-state index in [1.165, 1.54) is 25.7 Å². The molecular formula is C20H27N5. The molecule has 5 heteroatoms. The molecule has 0 bridgehead atoms. The molecular weight excluding hydrogens is 310 g/mol. The molecule has 25 heavy (non-hydrogen) atoms. The van der Waals surface area contributed by atoms with E-state index in [-0.39, 0.29) is 0 Å². The zero-order valence-electron chi connectivity index (χ0n) is 15.4. The van der Waals surface area contributed by atoms with Crippen molar-refractivity contribution in [3.05, 3.63) is 36.8 Å². The van der Waals surface area contributed by atoms with Crippen LogP contribution < -0.4 is 4.90 Å². The Morgan fingerprint density at radius 1 is 1.00 bits per heavy atom. The van der Waals surface area contributed by atoms with Gasteiger partial charge < -0.3 is 4.90 Å². The quantitative estimate of drug-likeness (QED) is 0.610. The molecule has 0 atom stereocenters. The standard InChI is InChI=1S/C20H27N5/c1-4-6-12-25(13-7-5-2)20-18-14-17(16-8-10-21-11-9-16)15-22-19(18)24(3)23-20/h8-11,14-15H,4-7,12-13H2,1-3H3. The number of unbranched alkanes of at least 4 members (excludes halogenated alkanes) is 2. The molecule has 0 saturated heterocycles. The molecule has 0 radical (unpaired) electrons. The molecule has 0 aliphatic rings. The number of aromatic nitrogens is 4. The lowest BCUT2D eigenvalue weighted by molar-refractivity contribution is 0.662. The molecule has 3 aromatic rings. The van der Waals surface area contributed by atoms with Crippen LogP contribution in [-0.4, -0.2) is 32.8 Å². The van der Waals surface area contributed by atoms with E-state index in [1.807, 2.05) is 42.5 Å². The fraction of sp³-hybridized carbons (Fsp3) is 0.450. The summed E-state index contributed by atoms with van der Waals surface area (Å²) in [4.78, 5) is 11.2. The topological polar surface area (TPSA) is 46.8 Å². The Morgan fingerprint density at radius 2 is 1.68 bits per heavy atom. The van der Waals surface area contributed by atoms with E-state index in [0.717, 1.165) is 41.1 Å². The van der Waals surface area contributed by atoms with Gasteiger partial charge in [-0.25, -0.2) is 9.67 Å². The number of hydrogen-bond donors (Lipinski definition) is 0. The second kappa shape index (κ2) is 8.10. The van der Waals surface area contributed by atoms with Gasteiger partial charge in [-0.05, 0) is 36.6 Å². The largest absolute Gasteiger partial charge is 0.355 e. The van der Waals surface area contributed by atoms with Crippen molar-refractivity contribution in [2.45, 2.75) is 39.5 Å². The van der Waals surface area contributed by atoms with E-state index in [2.05, 4.69) is 34.8 Å². The molecule has 3 rings (SSSR count). The minimum Gasteiger partial charge on any atom is -0.355 e. The first-order valence-electron chi connectivity index (χ1n) is 9.22. The van der Waals surface area contributed by atoms with Crippen molar-refractivity contribution in [3.8, 4) is 11.1 Å². The van der Waals surface area contributed by atoms with Crippen LogP contribution in [0.2, 0.25) is 0 Å². The molecule has 3 aromatic heterocycles. The smallest absolute Gasteiger partial charge is 0.160 e. The van der Waals surface area contributed by atoms with Gasteiger partial charge in [-0.15, -0.1) is 0 Å². The van der Waals surface area contributed by atoms with Gasteiger partial charge in [0.05, 0.1) is 5.39 Å². The highest BCUT2D eigenvalue weighted by Crippen LogP contribution is 2.29. The number of aryl methyl sites for hydroxylation is 1. The van der Waals surface area contributed by atoms with Crippen molar-refractivity contribution < 1.29 is 0 Å². The van der Waals surface area contributed by atoms with Gasteiger partial charge in [0.25, 0.3) is 0 Å². The third-order valence-corrected chi connectivity index (χ3v) is 4.54. The highest BCUT2D eigenvalue weighted by Gasteiger charge is 2.17. The Morgan fingerprint density at radius 3 is 2.32 bits per heavy atom. The van der Waals surface area contributed by atoms with Crippen LogP contribution in [-0.2, 0) is 7.05 Å². The van der Waals surface area contributed by atoms with Crippen LogP contribution in [0.25, 0.3) is 22.2 Å². The Labute approximate surface area is 149 Å². The first-order valence-corrected chi connectivity index (χ1v) is 9.22. The Hall–Kier alpha value is -2.43. The summed E-state index contributed by atoms with van der Waals surface area (Å²) in [5, 5.41) is 5.93. The van der Waals surface area contributed by atoms with E-state index < -0.39 is 0 Å². The predicted octanol–water partition coefficient (Wildman–Crippen LogP) is 4.44. The summed E-state index contributed by atoms with van der Waals surface area (Å²) >= 11 is 0. The van der Waals surface area contributed by atoms with Crippen LogP contribution in [0, 0.1) is 0 Å². The molecule has 0 aliphatic carbocycles. The van der Waals surface area contributed by atoms with Crippen molar-refractivity contribution in [1.29, 1.82) is 0 Å². The van der Waals surface area contributed by atoms with Crippen LogP contribution in [0.3, 0.4) is 0 Å². The monoisotopic (exact) mass is 337 g/mol. The minimum absolute atomic E-state index is 0.936. The zero-order chi connectivity index (χ0) is 17.6. The van der Waals surface area contributed by atoms with Crippen LogP contribution in [0.5, 0.6) is 0 Å². The number of hydrogen-bond acceptors (Lipinski definition) is 4. The summed E-state index contributed by atoms with van der Waals surface area (Å²) < 4.78 is 1.89. The Kier molecular flexibility index (Phi) is 5.64. The molecule has 3 heterocycles. The van der Waals surface area contributed by atoms with E-state index >= 15 is 0 Å². The first-order chi connectivity index (χ1) is 12.2. The summed E-state index contributed by atoms with van der Waals surface area (Å²) in [6.45, 7) is 6.56. The summed E-state index contributed by atoms with van der Waals surface area (Å²) in [7, 11) is 1.97. The zero-order valence-corrected chi connectivity index (χ0v) is 15.4. The highest BCUT2D eigenvalue weighted by atomic mass is 15.4. The minimum atomic E-state index is 0.936. The molecule has 0 aliphatic heterocycles. The average Bonchev–Trinajstić information content (AvgIpc) is 2.99. The van der Waals surface area contributed by atoms with Gasteiger partial charge in [0.2, 0.25) is 0 Å². The van der Waals surface area contributed by atoms with E-state index in [9.17, 15) is 0 Å². The van der Waals surface area contributed by atoms with Crippen molar-refractivity contribution in [3.63, 3.8) is 0 Å². The molecule has 0 N–H and O–H groups in total. The Bertz CT molecular complexity index is 802. The van der Waals surface area contributed by atoms with Crippen LogP contribution in [0.4, 0.5) is 5.82 Å². The van der Waals surface area contributed by atoms with Crippen molar-refractivity contribution in [2.24, 2.45) is 7.05 Å². The third kappa shape index (κ3) is 3.81. The van der Waals surface area contributed by atoms with Crippen LogP contribution >= 0.6 is 0 Å². The summed E-state index contributed by atoms with van der Waals surface area (Å²) in [5.41, 5.74) is 3.17. The number of fused-ring (bicyclic) bond motifs is 1. The van der Waals surface area contributed by atoms with E-state index in [4.69, 9.17) is 5.10 Å². The fourth-order valence-corrected chi connectivity index (χ4v) is 3.08. The predicted molar refractivity (Wildman–Crippen MR) is 104 cm³/mol. The molecule has 0 unspecified atom stereocenters. The lowest BCUT2D eigenvalue weighted by atomic mass is 10.1. The SMILES string of the molecule is CCCCN(CCCC)c1nn(C)c2ncc(-c3ccncc3)cc12. The van der Waals surface area contributed by atoms with Gasteiger partial charge in [-0.1, -0.05) is 26.7 Å². The van der Waals surface area contributed by atoms with Gasteiger partial charge in [-0.3, -0.25) is 4.98 Å². The van der Waals surface area contributed by atoms with Crippen molar-refractivity contribution in [2.75, 3.05) is 18.0 Å². The van der Waals surface area contributed by atoms with Gasteiger partial charge in [0.1, 0.15) is 0 Å². The second-order valence-corrected chi connectivity index (χ2v) is 6.47. The fourth-order valence-electron chi connectivity index (χ4n) is 3.08. The summed E-state index contributed by atoms with van der Waals surface area (Å²) in [5.74, 6) is 1.06. The maximum absolute atomic E-state index is 4.80. The third-order valence-electron chi connectivity index (χ3n) is 4.54. The first kappa shape index (κ1) is 17.4. The maximum Gasteiger partial charge on any atom is 0.160 e. The molecule has 0 spiro atoms. The lowest BCUT2D eigenvalue weighted by Crippen LogP contribution is -2.26. The normalized spacial score (nSPS) is 11.2. The lowest BCUT2D eigenvalue weighted by Gasteiger charge is -2.22. The van der Waals surface area contributed by atoms with Gasteiger partial charge in [0, 0.05) is 44.3 Å². The molecule has 132 valence electrons. The van der Waals surface area contributed by atoms with Crippen molar-refractivity contribution >= 4 is 16.9 Å². The average molecular weight is 337 g/mol. The van der Waals surface area contributed by atoms with E-state index in [0.29, 0.717) is 0 Å². The van der Waals surface area contributed by atoms with Gasteiger partial charge in [-0.2, -0.15) is 5.10 Å². The molecule has 0 saturated carbocycles. The Balaban J connectivity index is 2.03. The molecule has 5 nitrogen and oxygen atoms in total. The van der Waals surface area contributed by atoms with Crippen LogP contribution in [0.1, 0.15) is 39.5 Å². The summed E-state index contributed by atoms with van der Waals surface area (Å²) in [6.07, 6.45) is 10.3. The van der Waals surface area contributed by atoms with Gasteiger partial charge in [0.15, 0.2) is 11.5 Å². The van der Waals surface area contributed by atoms with E-state index in [1.54, 1.807) is 0 Å². The summed E-state index contributed by atoms with van der Waals surface area (Å²) in [6, 6.07) is 6.25. The number of pyridine rings is 2. The van der Waals surface area contributed by atoms with Gasteiger partial charge >= 0.3 is 0 Å². The molecule has 0 fully saturated rings.